The van der Waals surface area contributed by atoms with E-state index in [0.717, 1.165) is 10.2 Å². The Bertz CT molecular complexity index is 1340. The number of nitrogens with zero attached hydrogens (tertiary/aromatic N) is 2. The molecule has 2 aromatic heterocycles. The molecule has 0 bridgehead atoms. The molecule has 1 aromatic carbocycles. The van der Waals surface area contributed by atoms with E-state index in [1.165, 1.54) is 52.3 Å². The maximum atomic E-state index is 11.4. The van der Waals surface area contributed by atoms with Crippen LogP contribution in [0.2, 0.25) is 0 Å². The third-order valence-electron chi connectivity index (χ3n) is 4.10. The average molecular weight is 670 g/mol. The van der Waals surface area contributed by atoms with Crippen LogP contribution in [0.3, 0.4) is 0 Å². The SMILES string of the molecule is CNC.CNC(=O)c1ccc2nc(NC(C)=O)sc2c1.CNC(=O)c1cnc(NC(C)=O)o1.CNC(C)=O.CNC(C)=O.COC. The first-order chi connectivity index (χ1) is 21.6. The molecule has 0 saturated carbocycles. The van der Waals surface area contributed by atoms with Crippen molar-refractivity contribution in [2.75, 3.05) is 67.1 Å². The van der Waals surface area contributed by atoms with Crippen molar-refractivity contribution in [1.29, 1.82) is 0 Å². The second-order valence-corrected chi connectivity index (χ2v) is 9.30. The molecule has 0 radical (unpaired) electrons. The maximum Gasteiger partial charge on any atom is 0.302 e. The molecule has 3 rings (SSSR count). The number of thiazole rings is 1. The number of aromatic nitrogens is 2. The summed E-state index contributed by atoms with van der Waals surface area (Å²) in [6.07, 6.45) is 1.24. The van der Waals surface area contributed by atoms with Gasteiger partial charge in [-0.15, -0.1) is 0 Å². The number of nitrogens with one attached hydrogen (secondary N) is 7. The van der Waals surface area contributed by atoms with E-state index in [1.54, 1.807) is 53.6 Å². The lowest BCUT2D eigenvalue weighted by atomic mass is 10.2. The number of carbonyl (C=O) groups excluding carboxylic acids is 6. The Hall–Kier alpha value is -4.94. The van der Waals surface area contributed by atoms with Crippen LogP contribution in [-0.2, 0) is 23.9 Å². The number of rotatable bonds is 4. The minimum atomic E-state index is -0.385. The van der Waals surface area contributed by atoms with Crippen LogP contribution in [0.4, 0.5) is 11.1 Å². The van der Waals surface area contributed by atoms with Gasteiger partial charge in [-0.3, -0.25) is 34.1 Å². The molecule has 0 saturated heterocycles. The Morgan fingerprint density at radius 3 is 1.57 bits per heavy atom. The van der Waals surface area contributed by atoms with E-state index in [2.05, 4.69) is 51.9 Å². The van der Waals surface area contributed by atoms with E-state index >= 15 is 0 Å². The van der Waals surface area contributed by atoms with Crippen molar-refractivity contribution in [3.63, 3.8) is 0 Å². The highest BCUT2D eigenvalue weighted by atomic mass is 32.1. The number of anilines is 2. The van der Waals surface area contributed by atoms with Crippen LogP contribution in [0.15, 0.2) is 28.8 Å². The molecule has 0 fully saturated rings. The number of methoxy groups -OCH3 is 1. The Kier molecular flexibility index (Phi) is 27.3. The molecule has 258 valence electrons. The normalized spacial score (nSPS) is 8.70. The Morgan fingerprint density at radius 1 is 0.717 bits per heavy atom. The van der Waals surface area contributed by atoms with Gasteiger partial charge in [0.05, 0.1) is 16.4 Å². The van der Waals surface area contributed by atoms with Crippen LogP contribution in [0, 0.1) is 0 Å². The summed E-state index contributed by atoms with van der Waals surface area (Å²) in [5.41, 5.74) is 1.35. The number of hydrogen-bond acceptors (Lipinski definition) is 12. The molecule has 6 amide bonds. The zero-order chi connectivity index (χ0) is 36.2. The van der Waals surface area contributed by atoms with Gasteiger partial charge in [0, 0.05) is 75.7 Å². The molecule has 0 aliphatic rings. The monoisotopic (exact) mass is 669 g/mol. The van der Waals surface area contributed by atoms with E-state index in [4.69, 9.17) is 4.42 Å². The van der Waals surface area contributed by atoms with Crippen LogP contribution in [0.1, 0.15) is 48.6 Å². The van der Waals surface area contributed by atoms with Gasteiger partial charge in [-0.05, 0) is 32.3 Å². The molecule has 7 N–H and O–H groups in total. The fourth-order valence-corrected chi connectivity index (χ4v) is 3.08. The van der Waals surface area contributed by atoms with Crippen LogP contribution < -0.4 is 37.2 Å². The molecule has 0 aliphatic carbocycles. The molecular formula is C28H47N9O8S. The number of oxazole rings is 1. The fourth-order valence-electron chi connectivity index (χ4n) is 2.12. The van der Waals surface area contributed by atoms with Gasteiger partial charge in [-0.2, -0.15) is 0 Å². The Morgan fingerprint density at radius 2 is 1.17 bits per heavy atom. The van der Waals surface area contributed by atoms with Crippen molar-refractivity contribution in [3.05, 3.63) is 35.7 Å². The van der Waals surface area contributed by atoms with Crippen molar-refractivity contribution < 1.29 is 37.9 Å². The van der Waals surface area contributed by atoms with Crippen LogP contribution in [0.25, 0.3) is 10.2 Å². The second-order valence-electron chi connectivity index (χ2n) is 8.27. The van der Waals surface area contributed by atoms with Gasteiger partial charge < -0.3 is 41.1 Å². The molecule has 17 nitrogen and oxygen atoms in total. The van der Waals surface area contributed by atoms with Gasteiger partial charge in [-0.1, -0.05) is 11.3 Å². The first-order valence-electron chi connectivity index (χ1n) is 13.3. The molecule has 46 heavy (non-hydrogen) atoms. The third kappa shape index (κ3) is 23.5. The average Bonchev–Trinajstić information content (AvgIpc) is 3.63. The van der Waals surface area contributed by atoms with Gasteiger partial charge in [0.15, 0.2) is 5.13 Å². The van der Waals surface area contributed by atoms with Crippen LogP contribution >= 0.6 is 11.3 Å². The van der Waals surface area contributed by atoms with E-state index < -0.39 is 0 Å². The van der Waals surface area contributed by atoms with Gasteiger partial charge in [0.25, 0.3) is 11.8 Å². The minimum absolute atomic E-state index is 0.00463. The van der Waals surface area contributed by atoms with E-state index in [1.807, 2.05) is 14.1 Å². The molecule has 0 spiro atoms. The zero-order valence-electron chi connectivity index (χ0n) is 28.4. The summed E-state index contributed by atoms with van der Waals surface area (Å²) in [5.74, 6) is -0.910. The van der Waals surface area contributed by atoms with E-state index in [9.17, 15) is 28.8 Å². The predicted molar refractivity (Wildman–Crippen MR) is 179 cm³/mol. The zero-order valence-corrected chi connectivity index (χ0v) is 29.2. The number of amides is 6. The highest BCUT2D eigenvalue weighted by Gasteiger charge is 2.11. The predicted octanol–water partition coefficient (Wildman–Crippen LogP) is 1.21. The first kappa shape index (κ1) is 45.5. The summed E-state index contributed by atoms with van der Waals surface area (Å²) >= 11 is 1.34. The minimum Gasteiger partial charge on any atom is -0.418 e. The molecule has 2 heterocycles. The lowest BCUT2D eigenvalue weighted by Gasteiger charge is -1.97. The quantitative estimate of drug-likeness (QED) is 0.209. The summed E-state index contributed by atoms with van der Waals surface area (Å²) in [6.45, 7) is 5.70. The van der Waals surface area contributed by atoms with Gasteiger partial charge in [0.1, 0.15) is 0 Å². The number of hydrogen-bond donors (Lipinski definition) is 7. The highest BCUT2D eigenvalue weighted by molar-refractivity contribution is 7.22. The lowest BCUT2D eigenvalue weighted by Crippen LogP contribution is -2.17. The summed E-state index contributed by atoms with van der Waals surface area (Å²) in [7, 11) is 13.3. The Labute approximate surface area is 273 Å². The number of carbonyl (C=O) groups is 6. The second kappa shape index (κ2) is 27.6. The topological polar surface area (TPSA) is 235 Å². The fraction of sp³-hybridized carbons (Fsp3) is 0.429. The smallest absolute Gasteiger partial charge is 0.302 e. The summed E-state index contributed by atoms with van der Waals surface area (Å²) < 4.78 is 10.0. The standard InChI is InChI=1S/C11H11N3O2S.C7H9N3O3.2C3H7NO.C2H7N.C2H6O/c1-6(15)13-11-14-8-4-3-7(10(16)12-2)5-9(8)17-11;1-4(11)10-7-9-3-5(13-7)6(12)8-2;2*1-3(5)4-2;2*1-3-2/h3-5H,1-2H3,(H,12,16)(H,13,14,15);3H,1-2H3,(H,8,12)(H,9,10,11);2*1-2H3,(H,4,5);3H,1-2H3;1-2H3. The molecule has 0 unspecified atom stereocenters. The number of ether oxygens (including phenoxy) is 1. The van der Waals surface area contributed by atoms with Crippen molar-refractivity contribution in [2.45, 2.75) is 27.7 Å². The van der Waals surface area contributed by atoms with Crippen molar-refractivity contribution in [1.82, 2.24) is 36.6 Å². The lowest BCUT2D eigenvalue weighted by molar-refractivity contribution is -0.119. The number of fused-ring (bicyclic) bond motifs is 1. The largest absolute Gasteiger partial charge is 0.418 e. The molecular weight excluding hydrogens is 622 g/mol. The summed E-state index contributed by atoms with van der Waals surface area (Å²) in [6, 6.07) is 5.25. The first-order valence-corrected chi connectivity index (χ1v) is 14.1. The molecule has 0 atom stereocenters. The summed E-state index contributed by atoms with van der Waals surface area (Å²) in [5, 5.41) is 17.9. The van der Waals surface area contributed by atoms with Crippen LogP contribution in [0.5, 0.6) is 0 Å². The van der Waals surface area contributed by atoms with E-state index in [0.29, 0.717) is 10.7 Å². The van der Waals surface area contributed by atoms with Crippen molar-refractivity contribution >= 4 is 68.1 Å². The van der Waals surface area contributed by atoms with Gasteiger partial charge in [-0.25, -0.2) is 9.97 Å². The molecule has 18 heteroatoms. The van der Waals surface area contributed by atoms with Crippen LogP contribution in [-0.4, -0.2) is 102 Å². The van der Waals surface area contributed by atoms with E-state index in [-0.39, 0.29) is 47.2 Å². The molecule has 3 aromatic rings. The third-order valence-corrected chi connectivity index (χ3v) is 5.04. The Balaban J connectivity index is -0.000000560. The summed E-state index contributed by atoms with van der Waals surface area (Å²) in [4.78, 5) is 71.2. The molecule has 0 aliphatic heterocycles. The number of benzene rings is 1. The van der Waals surface area contributed by atoms with Crippen molar-refractivity contribution in [3.8, 4) is 0 Å². The highest BCUT2D eigenvalue weighted by Crippen LogP contribution is 2.26. The maximum absolute atomic E-state index is 11.4. The van der Waals surface area contributed by atoms with Gasteiger partial charge >= 0.3 is 6.01 Å². The van der Waals surface area contributed by atoms with Crippen molar-refractivity contribution in [2.24, 2.45) is 0 Å². The van der Waals surface area contributed by atoms with Gasteiger partial charge in [0.2, 0.25) is 29.4 Å².